The fourth-order valence-electron chi connectivity index (χ4n) is 4.10. The summed E-state index contributed by atoms with van der Waals surface area (Å²) in [6.07, 6.45) is 1.68. The van der Waals surface area contributed by atoms with Gasteiger partial charge in [0.05, 0.1) is 18.6 Å². The number of rotatable bonds is 7. The average Bonchev–Trinajstić information content (AvgIpc) is 3.16. The van der Waals surface area contributed by atoms with Gasteiger partial charge in [-0.1, -0.05) is 84.4 Å². The van der Waals surface area contributed by atoms with Crippen molar-refractivity contribution >= 4 is 51.4 Å². The summed E-state index contributed by atoms with van der Waals surface area (Å²) in [5.41, 5.74) is 2.39. The number of hydrogen-bond acceptors (Lipinski definition) is 5. The van der Waals surface area contributed by atoms with Crippen molar-refractivity contribution in [3.05, 3.63) is 112 Å². The molecule has 1 saturated heterocycles. The molecule has 4 aromatic carbocycles. The highest BCUT2D eigenvalue weighted by Crippen LogP contribution is 2.38. The lowest BCUT2D eigenvalue weighted by atomic mass is 10.1. The molecule has 0 atom stereocenters. The molecule has 180 valence electrons. The number of nitrogens with zero attached hydrogens (tertiary/aromatic N) is 1. The first-order chi connectivity index (χ1) is 17.5. The normalized spacial score (nSPS) is 14.6. The predicted molar refractivity (Wildman–Crippen MR) is 144 cm³/mol. The van der Waals surface area contributed by atoms with E-state index >= 15 is 0 Å². The molecule has 0 aromatic heterocycles. The molecule has 1 heterocycles. The van der Waals surface area contributed by atoms with Crippen molar-refractivity contribution in [3.63, 3.8) is 0 Å². The van der Waals surface area contributed by atoms with Crippen molar-refractivity contribution in [3.8, 4) is 11.5 Å². The summed E-state index contributed by atoms with van der Waals surface area (Å²) in [5, 5.41) is 2.41. The number of ether oxygens (including phenoxy) is 2. The number of thioether (sulfide) groups is 1. The Labute approximate surface area is 218 Å². The minimum atomic E-state index is -0.368. The van der Waals surface area contributed by atoms with Crippen LogP contribution < -0.4 is 9.47 Å². The van der Waals surface area contributed by atoms with Crippen LogP contribution in [-0.2, 0) is 17.9 Å². The highest BCUT2D eigenvalue weighted by Gasteiger charge is 2.35. The zero-order valence-electron chi connectivity index (χ0n) is 19.4. The molecular weight excluding hydrogens is 494 g/mol. The van der Waals surface area contributed by atoms with Crippen molar-refractivity contribution in [1.29, 1.82) is 0 Å². The molecule has 7 heteroatoms. The molecule has 4 aromatic rings. The van der Waals surface area contributed by atoms with Gasteiger partial charge in [-0.05, 0) is 51.9 Å². The topological polar surface area (TPSA) is 55.8 Å². The predicted octanol–water partition coefficient (Wildman–Crippen LogP) is 7.32. The van der Waals surface area contributed by atoms with Gasteiger partial charge in [-0.2, -0.15) is 0 Å². The fourth-order valence-corrected chi connectivity index (χ4v) is 5.13. The minimum absolute atomic E-state index is 0.115. The Morgan fingerprint density at radius 2 is 1.61 bits per heavy atom. The second-order valence-corrected chi connectivity index (χ2v) is 9.57. The Hall–Kier alpha value is -3.74. The van der Waals surface area contributed by atoms with Crippen LogP contribution in [0.25, 0.3) is 16.8 Å². The lowest BCUT2D eigenvalue weighted by Crippen LogP contribution is -2.27. The van der Waals surface area contributed by atoms with Crippen molar-refractivity contribution in [2.45, 2.75) is 13.2 Å². The number of amides is 2. The summed E-state index contributed by atoms with van der Waals surface area (Å²) in [6.45, 7) is 0.431. The third-order valence-electron chi connectivity index (χ3n) is 5.93. The van der Waals surface area contributed by atoms with E-state index < -0.39 is 0 Å². The van der Waals surface area contributed by atoms with Gasteiger partial charge in [-0.15, -0.1) is 0 Å². The Balaban J connectivity index is 1.43. The van der Waals surface area contributed by atoms with E-state index in [1.54, 1.807) is 31.4 Å². The van der Waals surface area contributed by atoms with E-state index in [4.69, 9.17) is 21.1 Å². The standard InChI is InChI=1S/C29H22ClNO4S/c1-34-25-15-7-11-20(27(25)35-18-22-12-6-10-19-8-2-4-13-23(19)22)16-26-28(32)31(29(33)36-26)17-21-9-3-5-14-24(21)30/h2-16H,17-18H2,1H3/b26-16-. The number of carbonyl (C=O) groups excluding carboxylic acids is 2. The molecule has 0 saturated carbocycles. The fraction of sp³-hybridized carbons (Fsp3) is 0.103. The van der Waals surface area contributed by atoms with Crippen LogP contribution in [0.3, 0.4) is 0 Å². The van der Waals surface area contributed by atoms with Gasteiger partial charge >= 0.3 is 0 Å². The number of carbonyl (C=O) groups is 2. The molecule has 0 bridgehead atoms. The van der Waals surface area contributed by atoms with Crippen molar-refractivity contribution < 1.29 is 19.1 Å². The smallest absolute Gasteiger partial charge is 0.293 e. The van der Waals surface area contributed by atoms with E-state index in [0.717, 1.165) is 28.1 Å². The Morgan fingerprint density at radius 3 is 2.44 bits per heavy atom. The number of hydrogen-bond donors (Lipinski definition) is 0. The third-order valence-corrected chi connectivity index (χ3v) is 7.20. The van der Waals surface area contributed by atoms with Crippen molar-refractivity contribution in [1.82, 2.24) is 4.90 Å². The van der Waals surface area contributed by atoms with E-state index in [9.17, 15) is 9.59 Å². The molecule has 0 unspecified atom stereocenters. The van der Waals surface area contributed by atoms with Gasteiger partial charge in [0.15, 0.2) is 11.5 Å². The van der Waals surface area contributed by atoms with Crippen LogP contribution in [0.2, 0.25) is 5.02 Å². The first kappa shape index (κ1) is 24.0. The number of fused-ring (bicyclic) bond motifs is 1. The highest BCUT2D eigenvalue weighted by atomic mass is 35.5. The molecule has 0 radical (unpaired) electrons. The summed E-state index contributed by atoms with van der Waals surface area (Å²) in [6, 6.07) is 26.8. The molecule has 0 aliphatic carbocycles. The maximum atomic E-state index is 13.1. The van der Waals surface area contributed by atoms with Crippen LogP contribution >= 0.6 is 23.4 Å². The van der Waals surface area contributed by atoms with Crippen LogP contribution in [-0.4, -0.2) is 23.2 Å². The lowest BCUT2D eigenvalue weighted by molar-refractivity contribution is -0.123. The summed E-state index contributed by atoms with van der Waals surface area (Å²) in [4.78, 5) is 27.3. The summed E-state index contributed by atoms with van der Waals surface area (Å²) < 4.78 is 11.8. The number of methoxy groups -OCH3 is 1. The van der Waals surface area contributed by atoms with E-state index in [1.807, 2.05) is 48.5 Å². The molecule has 2 amide bonds. The Bertz CT molecular complexity index is 1490. The van der Waals surface area contributed by atoms with E-state index in [2.05, 4.69) is 18.2 Å². The number of halogens is 1. The van der Waals surface area contributed by atoms with Gasteiger partial charge in [0, 0.05) is 10.6 Å². The van der Waals surface area contributed by atoms with Crippen molar-refractivity contribution in [2.75, 3.05) is 7.11 Å². The van der Waals surface area contributed by atoms with Gasteiger partial charge < -0.3 is 9.47 Å². The third kappa shape index (κ3) is 4.83. The lowest BCUT2D eigenvalue weighted by Gasteiger charge is -2.15. The zero-order valence-corrected chi connectivity index (χ0v) is 21.0. The molecule has 0 N–H and O–H groups in total. The zero-order chi connectivity index (χ0) is 25.1. The highest BCUT2D eigenvalue weighted by molar-refractivity contribution is 8.18. The molecule has 36 heavy (non-hydrogen) atoms. The summed E-state index contributed by atoms with van der Waals surface area (Å²) >= 11 is 7.14. The van der Waals surface area contributed by atoms with Gasteiger partial charge in [0.1, 0.15) is 6.61 Å². The maximum Gasteiger partial charge on any atom is 0.293 e. The van der Waals surface area contributed by atoms with Crippen LogP contribution in [0.15, 0.2) is 89.8 Å². The number of para-hydroxylation sites is 1. The average molecular weight is 516 g/mol. The maximum absolute atomic E-state index is 13.1. The first-order valence-electron chi connectivity index (χ1n) is 11.3. The number of imide groups is 1. The Morgan fingerprint density at radius 1 is 0.889 bits per heavy atom. The van der Waals surface area contributed by atoms with Gasteiger partial charge in [0.25, 0.3) is 11.1 Å². The molecule has 0 spiro atoms. The van der Waals surface area contributed by atoms with E-state index in [-0.39, 0.29) is 17.7 Å². The molecule has 1 aliphatic heterocycles. The summed E-state index contributed by atoms with van der Waals surface area (Å²) in [7, 11) is 1.57. The minimum Gasteiger partial charge on any atom is -0.493 e. The van der Waals surface area contributed by atoms with Crippen molar-refractivity contribution in [2.24, 2.45) is 0 Å². The van der Waals surface area contributed by atoms with Gasteiger partial charge in [-0.25, -0.2) is 0 Å². The summed E-state index contributed by atoms with van der Waals surface area (Å²) in [5.74, 6) is 0.679. The second-order valence-electron chi connectivity index (χ2n) is 8.16. The van der Waals surface area contributed by atoms with E-state index in [0.29, 0.717) is 39.2 Å². The van der Waals surface area contributed by atoms with Gasteiger partial charge in [0.2, 0.25) is 0 Å². The second kappa shape index (κ2) is 10.5. The van der Waals surface area contributed by atoms with Crippen LogP contribution in [0.4, 0.5) is 4.79 Å². The molecular formula is C29H22ClNO4S. The molecule has 5 rings (SSSR count). The van der Waals surface area contributed by atoms with E-state index in [1.165, 1.54) is 4.90 Å². The van der Waals surface area contributed by atoms with Crippen LogP contribution in [0.1, 0.15) is 16.7 Å². The molecule has 1 aliphatic rings. The monoisotopic (exact) mass is 515 g/mol. The molecule has 1 fully saturated rings. The number of benzene rings is 4. The molecule has 5 nitrogen and oxygen atoms in total. The van der Waals surface area contributed by atoms with Crippen LogP contribution in [0, 0.1) is 0 Å². The quantitative estimate of drug-likeness (QED) is 0.241. The SMILES string of the molecule is COc1cccc(/C=C2\SC(=O)N(Cc3ccccc3Cl)C2=O)c1OCc1cccc2ccccc12. The Kier molecular flexibility index (Phi) is 6.98. The first-order valence-corrected chi connectivity index (χ1v) is 12.5. The van der Waals surface area contributed by atoms with Gasteiger partial charge in [-0.3, -0.25) is 14.5 Å². The van der Waals surface area contributed by atoms with Crippen LogP contribution in [0.5, 0.6) is 11.5 Å². The largest absolute Gasteiger partial charge is 0.493 e.